The number of hydrogen-bond acceptors (Lipinski definition) is 4. The Labute approximate surface area is 172 Å². The average Bonchev–Trinajstić information content (AvgIpc) is 2.79. The lowest BCUT2D eigenvalue weighted by Crippen LogP contribution is -2.48. The number of nitrogens with one attached hydrogen (secondary N) is 1. The molecule has 0 spiro atoms. The van der Waals surface area contributed by atoms with Gasteiger partial charge in [-0.05, 0) is 54.9 Å². The lowest BCUT2D eigenvalue weighted by Gasteiger charge is -2.34. The van der Waals surface area contributed by atoms with Crippen LogP contribution >= 0.6 is 0 Å². The number of ether oxygens (including phenoxy) is 1. The number of carbonyl (C=O) groups is 2. The predicted octanol–water partition coefficient (Wildman–Crippen LogP) is 2.45. The minimum absolute atomic E-state index is 0.0331. The second-order valence-corrected chi connectivity index (χ2v) is 7.16. The zero-order valence-corrected chi connectivity index (χ0v) is 17.2. The minimum atomic E-state index is -0.136. The molecular weight excluding hydrogens is 366 g/mol. The maximum Gasteiger partial charge on any atom is 0.253 e. The Balaban J connectivity index is 1.50. The van der Waals surface area contributed by atoms with Crippen LogP contribution in [0, 0.1) is 0 Å². The number of methoxy groups -OCH3 is 1. The van der Waals surface area contributed by atoms with E-state index in [0.29, 0.717) is 17.7 Å². The van der Waals surface area contributed by atoms with Crippen LogP contribution < -0.4 is 10.1 Å². The van der Waals surface area contributed by atoms with E-state index in [9.17, 15) is 9.59 Å². The lowest BCUT2D eigenvalue weighted by molar-refractivity contribution is 0.0643. The fraction of sp³-hybridized carbons (Fsp3) is 0.391. The second-order valence-electron chi connectivity index (χ2n) is 7.16. The van der Waals surface area contributed by atoms with Crippen LogP contribution in [-0.4, -0.2) is 68.0 Å². The normalized spacial score (nSPS) is 14.5. The number of carbonyl (C=O) groups excluding carboxylic acids is 2. The molecule has 0 aliphatic carbocycles. The van der Waals surface area contributed by atoms with Crippen molar-refractivity contribution in [2.24, 2.45) is 0 Å². The van der Waals surface area contributed by atoms with E-state index in [1.807, 2.05) is 29.2 Å². The van der Waals surface area contributed by atoms with Gasteiger partial charge in [0.05, 0.1) is 7.11 Å². The summed E-state index contributed by atoms with van der Waals surface area (Å²) in [4.78, 5) is 29.2. The summed E-state index contributed by atoms with van der Waals surface area (Å²) in [6.45, 7) is 7.01. The fourth-order valence-corrected chi connectivity index (χ4v) is 3.46. The third-order valence-electron chi connectivity index (χ3n) is 5.33. The molecule has 1 aliphatic heterocycles. The van der Waals surface area contributed by atoms with Crippen LogP contribution in [0.1, 0.15) is 33.2 Å². The standard InChI is InChI=1S/C23H29N3O3/c1-3-25-13-15-26(16-14-25)23(28)20-9-7-19(8-10-20)22(27)24-12-11-18-5-4-6-21(17-18)29-2/h4-10,17H,3,11-16H2,1-2H3,(H,24,27). The van der Waals surface area contributed by atoms with Gasteiger partial charge in [-0.2, -0.15) is 0 Å². The van der Waals surface area contributed by atoms with Gasteiger partial charge in [-0.3, -0.25) is 9.59 Å². The van der Waals surface area contributed by atoms with Gasteiger partial charge in [0.2, 0.25) is 0 Å². The smallest absolute Gasteiger partial charge is 0.253 e. The molecule has 1 N–H and O–H groups in total. The van der Waals surface area contributed by atoms with Crippen LogP contribution in [0.2, 0.25) is 0 Å². The molecule has 2 amide bonds. The van der Waals surface area contributed by atoms with E-state index in [4.69, 9.17) is 4.74 Å². The topological polar surface area (TPSA) is 61.9 Å². The summed E-state index contributed by atoms with van der Waals surface area (Å²) < 4.78 is 5.22. The first-order chi connectivity index (χ1) is 14.1. The fourth-order valence-electron chi connectivity index (χ4n) is 3.46. The predicted molar refractivity (Wildman–Crippen MR) is 113 cm³/mol. The monoisotopic (exact) mass is 395 g/mol. The Hall–Kier alpha value is -2.86. The van der Waals surface area contributed by atoms with Crippen molar-refractivity contribution in [3.05, 3.63) is 65.2 Å². The van der Waals surface area contributed by atoms with Crippen molar-refractivity contribution in [3.63, 3.8) is 0 Å². The first kappa shape index (κ1) is 20.9. The van der Waals surface area contributed by atoms with Crippen LogP contribution in [0.5, 0.6) is 5.75 Å². The van der Waals surface area contributed by atoms with Gasteiger partial charge in [-0.25, -0.2) is 0 Å². The molecule has 1 heterocycles. The summed E-state index contributed by atoms with van der Waals surface area (Å²) in [5.74, 6) is 0.708. The molecule has 154 valence electrons. The van der Waals surface area contributed by atoms with Crippen LogP contribution in [0.4, 0.5) is 0 Å². The Bertz CT molecular complexity index is 828. The Morgan fingerprint density at radius 2 is 1.69 bits per heavy atom. The molecule has 1 aliphatic rings. The zero-order chi connectivity index (χ0) is 20.6. The number of piperazine rings is 1. The molecule has 0 radical (unpaired) electrons. The number of hydrogen-bond donors (Lipinski definition) is 1. The third-order valence-corrected chi connectivity index (χ3v) is 5.33. The van der Waals surface area contributed by atoms with Gasteiger partial charge in [-0.15, -0.1) is 0 Å². The molecule has 3 rings (SSSR count). The molecule has 0 aromatic heterocycles. The van der Waals surface area contributed by atoms with Crippen molar-refractivity contribution in [2.45, 2.75) is 13.3 Å². The maximum absolute atomic E-state index is 12.7. The van der Waals surface area contributed by atoms with Gasteiger partial charge in [0.15, 0.2) is 0 Å². The molecule has 2 aromatic rings. The molecule has 29 heavy (non-hydrogen) atoms. The van der Waals surface area contributed by atoms with Crippen molar-refractivity contribution in [1.29, 1.82) is 0 Å². The molecular formula is C23H29N3O3. The van der Waals surface area contributed by atoms with Crippen LogP contribution in [0.3, 0.4) is 0 Å². The summed E-state index contributed by atoms with van der Waals surface area (Å²) in [5, 5.41) is 2.93. The highest BCUT2D eigenvalue weighted by atomic mass is 16.5. The molecule has 6 nitrogen and oxygen atoms in total. The largest absolute Gasteiger partial charge is 0.497 e. The number of rotatable bonds is 7. The molecule has 2 aromatic carbocycles. The minimum Gasteiger partial charge on any atom is -0.497 e. The highest BCUT2D eigenvalue weighted by Crippen LogP contribution is 2.13. The quantitative estimate of drug-likeness (QED) is 0.782. The average molecular weight is 396 g/mol. The molecule has 0 atom stereocenters. The van der Waals surface area contributed by atoms with Crippen LogP contribution in [0.15, 0.2) is 48.5 Å². The number of amides is 2. The van der Waals surface area contributed by atoms with Crippen molar-refractivity contribution in [3.8, 4) is 5.75 Å². The van der Waals surface area contributed by atoms with Gasteiger partial charge < -0.3 is 19.9 Å². The van der Waals surface area contributed by atoms with Gasteiger partial charge in [0.1, 0.15) is 5.75 Å². The van der Waals surface area contributed by atoms with E-state index < -0.39 is 0 Å². The lowest BCUT2D eigenvalue weighted by atomic mass is 10.1. The van der Waals surface area contributed by atoms with Crippen molar-refractivity contribution in [1.82, 2.24) is 15.1 Å². The van der Waals surface area contributed by atoms with Crippen LogP contribution in [-0.2, 0) is 6.42 Å². The first-order valence-corrected chi connectivity index (χ1v) is 10.1. The summed E-state index contributed by atoms with van der Waals surface area (Å²) in [7, 11) is 1.64. The van der Waals surface area contributed by atoms with E-state index in [1.54, 1.807) is 31.4 Å². The molecule has 0 bridgehead atoms. The van der Waals surface area contributed by atoms with E-state index >= 15 is 0 Å². The third kappa shape index (κ3) is 5.57. The van der Waals surface area contributed by atoms with Crippen molar-refractivity contribution < 1.29 is 14.3 Å². The van der Waals surface area contributed by atoms with Crippen molar-refractivity contribution >= 4 is 11.8 Å². The molecule has 6 heteroatoms. The molecule has 0 saturated carbocycles. The SMILES string of the molecule is CCN1CCN(C(=O)c2ccc(C(=O)NCCc3cccc(OC)c3)cc2)CC1. The summed E-state index contributed by atoms with van der Waals surface area (Å²) in [6, 6.07) is 14.7. The number of nitrogens with zero attached hydrogens (tertiary/aromatic N) is 2. The maximum atomic E-state index is 12.7. The van der Waals surface area contributed by atoms with E-state index in [2.05, 4.69) is 17.1 Å². The number of likely N-dealkylation sites (N-methyl/N-ethyl adjacent to an activating group) is 1. The summed E-state index contributed by atoms with van der Waals surface area (Å²) >= 11 is 0. The summed E-state index contributed by atoms with van der Waals surface area (Å²) in [6.07, 6.45) is 0.725. The van der Waals surface area contributed by atoms with Gasteiger partial charge in [-0.1, -0.05) is 19.1 Å². The first-order valence-electron chi connectivity index (χ1n) is 10.1. The highest BCUT2D eigenvalue weighted by molar-refractivity contribution is 5.97. The zero-order valence-electron chi connectivity index (χ0n) is 17.2. The van der Waals surface area contributed by atoms with E-state index in [1.165, 1.54) is 0 Å². The van der Waals surface area contributed by atoms with Gasteiger partial charge >= 0.3 is 0 Å². The summed E-state index contributed by atoms with van der Waals surface area (Å²) in [5.41, 5.74) is 2.29. The van der Waals surface area contributed by atoms with Gasteiger partial charge in [0.25, 0.3) is 11.8 Å². The van der Waals surface area contributed by atoms with E-state index in [-0.39, 0.29) is 11.8 Å². The Morgan fingerprint density at radius 3 is 2.34 bits per heavy atom. The second kappa shape index (κ2) is 10.1. The Kier molecular flexibility index (Phi) is 7.25. The molecule has 1 fully saturated rings. The molecule has 1 saturated heterocycles. The molecule has 0 unspecified atom stereocenters. The highest BCUT2D eigenvalue weighted by Gasteiger charge is 2.21. The van der Waals surface area contributed by atoms with E-state index in [0.717, 1.165) is 50.5 Å². The Morgan fingerprint density at radius 1 is 1.00 bits per heavy atom. The number of benzene rings is 2. The van der Waals surface area contributed by atoms with Crippen molar-refractivity contribution in [2.75, 3.05) is 46.4 Å². The van der Waals surface area contributed by atoms with Gasteiger partial charge in [0, 0.05) is 43.9 Å². The van der Waals surface area contributed by atoms with Crippen LogP contribution in [0.25, 0.3) is 0 Å².